The number of methoxy groups -OCH3 is 2. The number of halogens is 3. The standard InChI is InChI=1S/C16H17F3N2O2/c1-21(15-6-4-5-14(20-15)16(17,18)19)10-11-7-8-12(22-2)13(9-11)23-3/h4-9H,10H2,1-3H3. The van der Waals surface area contributed by atoms with Gasteiger partial charge >= 0.3 is 6.18 Å². The average molecular weight is 326 g/mol. The zero-order valence-electron chi connectivity index (χ0n) is 13.0. The maximum Gasteiger partial charge on any atom is 0.433 e. The highest BCUT2D eigenvalue weighted by molar-refractivity contribution is 5.45. The number of aromatic nitrogens is 1. The minimum atomic E-state index is -4.46. The summed E-state index contributed by atoms with van der Waals surface area (Å²) in [5.74, 6) is 1.40. The molecular formula is C16H17F3N2O2. The van der Waals surface area contributed by atoms with Gasteiger partial charge in [-0.25, -0.2) is 4.98 Å². The zero-order chi connectivity index (χ0) is 17.0. The van der Waals surface area contributed by atoms with Crippen molar-refractivity contribution in [1.82, 2.24) is 4.98 Å². The Balaban J connectivity index is 2.21. The summed E-state index contributed by atoms with van der Waals surface area (Å²) in [5.41, 5.74) is -0.0430. The van der Waals surface area contributed by atoms with Gasteiger partial charge in [-0.05, 0) is 29.8 Å². The fraction of sp³-hybridized carbons (Fsp3) is 0.312. The summed E-state index contributed by atoms with van der Waals surface area (Å²) in [6, 6.07) is 9.19. The lowest BCUT2D eigenvalue weighted by atomic mass is 10.2. The fourth-order valence-corrected chi connectivity index (χ4v) is 2.13. The van der Waals surface area contributed by atoms with Gasteiger partial charge < -0.3 is 14.4 Å². The molecule has 2 aromatic rings. The zero-order valence-corrected chi connectivity index (χ0v) is 13.0. The van der Waals surface area contributed by atoms with Crippen LogP contribution in [0.15, 0.2) is 36.4 Å². The summed E-state index contributed by atoms with van der Waals surface area (Å²) in [6.07, 6.45) is -4.46. The van der Waals surface area contributed by atoms with Gasteiger partial charge in [0.05, 0.1) is 14.2 Å². The Labute approximate surface area is 132 Å². The second-order valence-corrected chi connectivity index (χ2v) is 4.92. The van der Waals surface area contributed by atoms with E-state index in [9.17, 15) is 13.2 Å². The normalized spacial score (nSPS) is 11.2. The van der Waals surface area contributed by atoms with Crippen molar-refractivity contribution < 1.29 is 22.6 Å². The molecule has 23 heavy (non-hydrogen) atoms. The predicted molar refractivity (Wildman–Crippen MR) is 80.9 cm³/mol. The molecule has 0 saturated carbocycles. The van der Waals surface area contributed by atoms with Crippen molar-refractivity contribution in [2.24, 2.45) is 0 Å². The molecule has 7 heteroatoms. The van der Waals surface area contributed by atoms with Gasteiger partial charge in [0.25, 0.3) is 0 Å². The number of hydrogen-bond donors (Lipinski definition) is 0. The van der Waals surface area contributed by atoms with Crippen molar-refractivity contribution in [3.8, 4) is 11.5 Å². The molecule has 124 valence electrons. The number of rotatable bonds is 5. The number of ether oxygens (including phenoxy) is 2. The van der Waals surface area contributed by atoms with Crippen LogP contribution in [0.1, 0.15) is 11.3 Å². The smallest absolute Gasteiger partial charge is 0.433 e. The molecule has 0 bridgehead atoms. The number of hydrogen-bond acceptors (Lipinski definition) is 4. The number of pyridine rings is 1. The first-order valence-corrected chi connectivity index (χ1v) is 6.81. The Hall–Kier alpha value is -2.44. The van der Waals surface area contributed by atoms with E-state index in [0.717, 1.165) is 11.6 Å². The van der Waals surface area contributed by atoms with Crippen molar-refractivity contribution in [1.29, 1.82) is 0 Å². The van der Waals surface area contributed by atoms with E-state index < -0.39 is 11.9 Å². The van der Waals surface area contributed by atoms with Gasteiger partial charge in [0.15, 0.2) is 11.5 Å². The maximum atomic E-state index is 12.7. The van der Waals surface area contributed by atoms with Crippen LogP contribution in [0.25, 0.3) is 0 Å². The Morgan fingerprint density at radius 2 is 1.74 bits per heavy atom. The molecule has 0 radical (unpaired) electrons. The summed E-state index contributed by atoms with van der Waals surface area (Å²) >= 11 is 0. The second kappa shape index (κ2) is 6.76. The molecule has 2 rings (SSSR count). The van der Waals surface area contributed by atoms with E-state index in [-0.39, 0.29) is 5.82 Å². The number of nitrogens with zero attached hydrogens (tertiary/aromatic N) is 2. The van der Waals surface area contributed by atoms with E-state index in [0.29, 0.717) is 18.0 Å². The van der Waals surface area contributed by atoms with E-state index in [1.165, 1.54) is 26.4 Å². The largest absolute Gasteiger partial charge is 0.493 e. The third-order valence-corrected chi connectivity index (χ3v) is 3.28. The lowest BCUT2D eigenvalue weighted by Crippen LogP contribution is -2.19. The Kier molecular flexibility index (Phi) is 4.98. The topological polar surface area (TPSA) is 34.6 Å². The van der Waals surface area contributed by atoms with Crippen LogP contribution in [0.4, 0.5) is 19.0 Å². The molecule has 4 nitrogen and oxygen atoms in total. The molecule has 1 aromatic carbocycles. The van der Waals surface area contributed by atoms with Gasteiger partial charge in [-0.1, -0.05) is 12.1 Å². The highest BCUT2D eigenvalue weighted by Crippen LogP contribution is 2.30. The van der Waals surface area contributed by atoms with Crippen molar-refractivity contribution in [3.05, 3.63) is 47.7 Å². The molecule has 1 heterocycles. The fourth-order valence-electron chi connectivity index (χ4n) is 2.13. The van der Waals surface area contributed by atoms with Crippen LogP contribution in [0, 0.1) is 0 Å². The number of benzene rings is 1. The van der Waals surface area contributed by atoms with Crippen LogP contribution < -0.4 is 14.4 Å². The predicted octanol–water partition coefficient (Wildman–Crippen LogP) is 3.75. The molecule has 0 unspecified atom stereocenters. The molecule has 0 fully saturated rings. The van der Waals surface area contributed by atoms with Crippen LogP contribution in [0.5, 0.6) is 11.5 Å². The van der Waals surface area contributed by atoms with E-state index >= 15 is 0 Å². The van der Waals surface area contributed by atoms with Crippen molar-refractivity contribution in [2.45, 2.75) is 12.7 Å². The molecule has 0 amide bonds. The summed E-state index contributed by atoms with van der Waals surface area (Å²) in [7, 11) is 4.75. The Morgan fingerprint density at radius 1 is 1.04 bits per heavy atom. The summed E-state index contributed by atoms with van der Waals surface area (Å²) in [6.45, 7) is 0.384. The minimum Gasteiger partial charge on any atom is -0.493 e. The lowest BCUT2D eigenvalue weighted by molar-refractivity contribution is -0.141. The number of alkyl halides is 3. The molecule has 0 aliphatic rings. The summed E-state index contributed by atoms with van der Waals surface area (Å²) in [4.78, 5) is 5.30. The minimum absolute atomic E-state index is 0.245. The van der Waals surface area contributed by atoms with Gasteiger partial charge in [0.2, 0.25) is 0 Å². The molecule has 0 spiro atoms. The summed E-state index contributed by atoms with van der Waals surface area (Å²) < 4.78 is 48.6. The first kappa shape index (κ1) is 16.9. The van der Waals surface area contributed by atoms with Crippen LogP contribution in [-0.4, -0.2) is 26.3 Å². The van der Waals surface area contributed by atoms with Gasteiger partial charge in [-0.2, -0.15) is 13.2 Å². The third kappa shape index (κ3) is 4.06. The highest BCUT2D eigenvalue weighted by Gasteiger charge is 2.32. The van der Waals surface area contributed by atoms with Crippen molar-refractivity contribution in [2.75, 3.05) is 26.2 Å². The second-order valence-electron chi connectivity index (χ2n) is 4.92. The van der Waals surface area contributed by atoms with Crippen LogP contribution in [0.3, 0.4) is 0 Å². The van der Waals surface area contributed by atoms with Crippen LogP contribution >= 0.6 is 0 Å². The van der Waals surface area contributed by atoms with Crippen molar-refractivity contribution in [3.63, 3.8) is 0 Å². The molecule has 0 aliphatic heterocycles. The molecule has 0 N–H and O–H groups in total. The van der Waals surface area contributed by atoms with Gasteiger partial charge in [-0.15, -0.1) is 0 Å². The molecular weight excluding hydrogens is 309 g/mol. The Morgan fingerprint density at radius 3 is 2.35 bits per heavy atom. The SMILES string of the molecule is COc1ccc(CN(C)c2cccc(C(F)(F)F)n2)cc1OC. The number of anilines is 1. The lowest BCUT2D eigenvalue weighted by Gasteiger charge is -2.20. The van der Waals surface area contributed by atoms with E-state index in [4.69, 9.17) is 9.47 Å². The monoisotopic (exact) mass is 326 g/mol. The van der Waals surface area contributed by atoms with Gasteiger partial charge in [0, 0.05) is 13.6 Å². The molecule has 0 atom stereocenters. The van der Waals surface area contributed by atoms with E-state index in [2.05, 4.69) is 4.98 Å². The Bertz CT molecular complexity index is 675. The highest BCUT2D eigenvalue weighted by atomic mass is 19.4. The average Bonchev–Trinajstić information content (AvgIpc) is 2.54. The van der Waals surface area contributed by atoms with Crippen molar-refractivity contribution >= 4 is 5.82 Å². The third-order valence-electron chi connectivity index (χ3n) is 3.28. The van der Waals surface area contributed by atoms with E-state index in [1.54, 1.807) is 24.1 Å². The molecule has 0 aliphatic carbocycles. The maximum absolute atomic E-state index is 12.7. The first-order chi connectivity index (χ1) is 10.8. The van der Waals surface area contributed by atoms with Gasteiger partial charge in [-0.3, -0.25) is 0 Å². The molecule has 1 aromatic heterocycles. The van der Waals surface area contributed by atoms with Gasteiger partial charge in [0.1, 0.15) is 11.5 Å². The van der Waals surface area contributed by atoms with Crippen LogP contribution in [-0.2, 0) is 12.7 Å². The first-order valence-electron chi connectivity index (χ1n) is 6.81. The quantitative estimate of drug-likeness (QED) is 0.838. The summed E-state index contributed by atoms with van der Waals surface area (Å²) in [5, 5.41) is 0. The van der Waals surface area contributed by atoms with E-state index in [1.807, 2.05) is 6.07 Å². The van der Waals surface area contributed by atoms with Crippen LogP contribution in [0.2, 0.25) is 0 Å². The molecule has 0 saturated heterocycles.